The van der Waals surface area contributed by atoms with E-state index in [1.807, 2.05) is 6.07 Å². The smallest absolute Gasteiger partial charge is 0.449 e. The fourth-order valence-corrected chi connectivity index (χ4v) is 1.25. The summed E-state index contributed by atoms with van der Waals surface area (Å²) in [6.07, 6.45) is -1.39. The topological polar surface area (TPSA) is 72.3 Å². The van der Waals surface area contributed by atoms with Crippen molar-refractivity contribution in [2.75, 3.05) is 0 Å². The number of ether oxygens (including phenoxy) is 1. The Morgan fingerprint density at radius 3 is 2.47 bits per heavy atom. The molecule has 0 fully saturated rings. The minimum absolute atomic E-state index is 0.0289. The molecule has 0 atom stereocenters. The zero-order valence-corrected chi connectivity index (χ0v) is 7.97. The number of hydrogen-bond donors (Lipinski definition) is 1. The van der Waals surface area contributed by atoms with Gasteiger partial charge in [0.2, 0.25) is 5.88 Å². The Hall–Kier alpha value is -2.17. The summed E-state index contributed by atoms with van der Waals surface area (Å²) in [4.78, 5) is 18.6. The summed E-state index contributed by atoms with van der Waals surface area (Å²) in [5.74, 6) is 0.0289. The Morgan fingerprint density at radius 1 is 1.27 bits per heavy atom. The Kier molecular flexibility index (Phi) is 2.21. The van der Waals surface area contributed by atoms with Crippen molar-refractivity contribution in [2.45, 2.75) is 6.92 Å². The highest BCUT2D eigenvalue weighted by atomic mass is 16.7. The molecule has 0 aliphatic carbocycles. The molecule has 2 rings (SSSR count). The Labute approximate surface area is 85.4 Å². The standard InChI is InChI=1S/C10H8N2O3/c1-6-9(15-10(13)14)12-8-5-3-2-4-7(8)11-6/h2-5H,1H3,(H,13,14). The number of aryl methyl sites for hydroxylation is 1. The number of hydrogen-bond acceptors (Lipinski definition) is 4. The van der Waals surface area contributed by atoms with E-state index in [2.05, 4.69) is 14.7 Å². The van der Waals surface area contributed by atoms with Gasteiger partial charge in [0.05, 0.1) is 11.0 Å². The minimum atomic E-state index is -1.39. The number of benzene rings is 1. The van der Waals surface area contributed by atoms with Crippen molar-refractivity contribution in [1.29, 1.82) is 0 Å². The highest BCUT2D eigenvalue weighted by molar-refractivity contribution is 5.75. The molecule has 76 valence electrons. The monoisotopic (exact) mass is 204 g/mol. The van der Waals surface area contributed by atoms with Gasteiger partial charge in [-0.15, -0.1) is 0 Å². The molecule has 0 amide bonds. The molecule has 0 aliphatic rings. The third-order valence-corrected chi connectivity index (χ3v) is 1.89. The summed E-state index contributed by atoms with van der Waals surface area (Å²) in [7, 11) is 0. The zero-order chi connectivity index (χ0) is 10.8. The van der Waals surface area contributed by atoms with Crippen molar-refractivity contribution < 1.29 is 14.6 Å². The Balaban J connectivity index is 2.56. The predicted molar refractivity (Wildman–Crippen MR) is 52.9 cm³/mol. The number of carboxylic acid groups (broad SMARTS) is 1. The molecule has 0 saturated heterocycles. The summed E-state index contributed by atoms with van der Waals surface area (Å²) in [5, 5.41) is 8.47. The lowest BCUT2D eigenvalue weighted by Crippen LogP contribution is -2.07. The lowest BCUT2D eigenvalue weighted by atomic mass is 10.3. The molecular weight excluding hydrogens is 196 g/mol. The number of nitrogens with zero attached hydrogens (tertiary/aromatic N) is 2. The largest absolute Gasteiger partial charge is 0.512 e. The average molecular weight is 204 g/mol. The van der Waals surface area contributed by atoms with Crippen LogP contribution in [0, 0.1) is 6.92 Å². The van der Waals surface area contributed by atoms with Crippen molar-refractivity contribution in [2.24, 2.45) is 0 Å². The Bertz CT molecular complexity index is 525. The van der Waals surface area contributed by atoms with Crippen LogP contribution in [0.15, 0.2) is 24.3 Å². The highest BCUT2D eigenvalue weighted by Crippen LogP contribution is 2.17. The molecule has 5 nitrogen and oxygen atoms in total. The summed E-state index contributed by atoms with van der Waals surface area (Å²) >= 11 is 0. The van der Waals surface area contributed by atoms with E-state index in [9.17, 15) is 4.79 Å². The van der Waals surface area contributed by atoms with Crippen LogP contribution in [0.2, 0.25) is 0 Å². The molecule has 15 heavy (non-hydrogen) atoms. The van der Waals surface area contributed by atoms with Gasteiger partial charge < -0.3 is 9.84 Å². The summed E-state index contributed by atoms with van der Waals surface area (Å²) in [6, 6.07) is 7.20. The molecule has 0 unspecified atom stereocenters. The molecule has 1 aromatic heterocycles. The Morgan fingerprint density at radius 2 is 1.87 bits per heavy atom. The van der Waals surface area contributed by atoms with Crippen LogP contribution in [0.4, 0.5) is 4.79 Å². The van der Waals surface area contributed by atoms with Crippen LogP contribution in [-0.2, 0) is 0 Å². The van der Waals surface area contributed by atoms with Gasteiger partial charge in [0.25, 0.3) is 0 Å². The first-order valence-corrected chi connectivity index (χ1v) is 4.31. The molecule has 5 heteroatoms. The van der Waals surface area contributed by atoms with Gasteiger partial charge in [-0.2, -0.15) is 0 Å². The molecule has 1 aromatic carbocycles. The molecule has 0 bridgehead atoms. The summed E-state index contributed by atoms with van der Waals surface area (Å²) in [6.45, 7) is 1.65. The third kappa shape index (κ3) is 1.85. The van der Waals surface area contributed by atoms with Gasteiger partial charge in [0, 0.05) is 0 Å². The van der Waals surface area contributed by atoms with E-state index in [0.29, 0.717) is 16.7 Å². The summed E-state index contributed by atoms with van der Waals surface area (Å²) in [5.41, 5.74) is 1.78. The van der Waals surface area contributed by atoms with Crippen LogP contribution >= 0.6 is 0 Å². The first kappa shape index (κ1) is 9.39. The fraction of sp³-hybridized carbons (Fsp3) is 0.100. The second kappa shape index (κ2) is 3.53. The van der Waals surface area contributed by atoms with E-state index in [1.165, 1.54) is 0 Å². The quantitative estimate of drug-likeness (QED) is 0.719. The number of aromatic nitrogens is 2. The number of para-hydroxylation sites is 2. The van der Waals surface area contributed by atoms with Crippen molar-refractivity contribution in [1.82, 2.24) is 9.97 Å². The number of fused-ring (bicyclic) bond motifs is 1. The molecule has 0 radical (unpaired) electrons. The number of carbonyl (C=O) groups is 1. The van der Waals surface area contributed by atoms with Crippen LogP contribution in [0.3, 0.4) is 0 Å². The van der Waals surface area contributed by atoms with E-state index < -0.39 is 6.16 Å². The molecule has 0 saturated carbocycles. The van der Waals surface area contributed by atoms with Crippen molar-refractivity contribution in [3.63, 3.8) is 0 Å². The third-order valence-electron chi connectivity index (χ3n) is 1.89. The van der Waals surface area contributed by atoms with Gasteiger partial charge in [-0.05, 0) is 19.1 Å². The second-order valence-corrected chi connectivity index (χ2v) is 2.97. The van der Waals surface area contributed by atoms with Gasteiger partial charge in [-0.25, -0.2) is 14.8 Å². The zero-order valence-electron chi connectivity index (χ0n) is 7.97. The second-order valence-electron chi connectivity index (χ2n) is 2.97. The molecule has 0 aliphatic heterocycles. The van der Waals surface area contributed by atoms with E-state index in [-0.39, 0.29) is 5.88 Å². The van der Waals surface area contributed by atoms with E-state index in [1.54, 1.807) is 25.1 Å². The predicted octanol–water partition coefficient (Wildman–Crippen LogP) is 2.00. The normalized spacial score (nSPS) is 10.2. The van der Waals surface area contributed by atoms with Gasteiger partial charge >= 0.3 is 6.16 Å². The summed E-state index contributed by atoms with van der Waals surface area (Å²) < 4.78 is 4.50. The first-order chi connectivity index (χ1) is 7.16. The van der Waals surface area contributed by atoms with Crippen LogP contribution in [0.1, 0.15) is 5.69 Å². The van der Waals surface area contributed by atoms with Gasteiger partial charge in [-0.1, -0.05) is 12.1 Å². The minimum Gasteiger partial charge on any atom is -0.449 e. The molecule has 1 N–H and O–H groups in total. The maximum absolute atomic E-state index is 10.4. The SMILES string of the molecule is Cc1nc2ccccc2nc1OC(=O)O. The fourth-order valence-electron chi connectivity index (χ4n) is 1.25. The number of rotatable bonds is 1. The van der Waals surface area contributed by atoms with Crippen molar-refractivity contribution in [3.05, 3.63) is 30.0 Å². The maximum atomic E-state index is 10.4. The van der Waals surface area contributed by atoms with Crippen molar-refractivity contribution in [3.8, 4) is 5.88 Å². The van der Waals surface area contributed by atoms with E-state index in [4.69, 9.17) is 5.11 Å². The molecule has 0 spiro atoms. The average Bonchev–Trinajstić information content (AvgIpc) is 2.18. The first-order valence-electron chi connectivity index (χ1n) is 4.31. The molecule has 1 heterocycles. The van der Waals surface area contributed by atoms with Crippen LogP contribution in [0.25, 0.3) is 11.0 Å². The van der Waals surface area contributed by atoms with E-state index >= 15 is 0 Å². The van der Waals surface area contributed by atoms with Crippen LogP contribution < -0.4 is 4.74 Å². The van der Waals surface area contributed by atoms with Gasteiger partial charge in [0.15, 0.2) is 0 Å². The van der Waals surface area contributed by atoms with Gasteiger partial charge in [0.1, 0.15) is 5.69 Å². The lowest BCUT2D eigenvalue weighted by molar-refractivity contribution is 0.142. The van der Waals surface area contributed by atoms with Crippen LogP contribution in [-0.4, -0.2) is 21.2 Å². The maximum Gasteiger partial charge on any atom is 0.512 e. The van der Waals surface area contributed by atoms with Crippen molar-refractivity contribution >= 4 is 17.2 Å². The van der Waals surface area contributed by atoms with Gasteiger partial charge in [-0.3, -0.25) is 0 Å². The lowest BCUT2D eigenvalue weighted by Gasteiger charge is -2.03. The van der Waals surface area contributed by atoms with Crippen LogP contribution in [0.5, 0.6) is 5.88 Å². The molecule has 2 aromatic rings. The highest BCUT2D eigenvalue weighted by Gasteiger charge is 2.09. The van der Waals surface area contributed by atoms with E-state index in [0.717, 1.165) is 0 Å². The molecular formula is C10H8N2O3.